The van der Waals surface area contributed by atoms with Gasteiger partial charge in [0.05, 0.1) is 12.5 Å². The van der Waals surface area contributed by atoms with Crippen LogP contribution in [0.25, 0.3) is 6.08 Å². The van der Waals surface area contributed by atoms with E-state index >= 15 is 0 Å². The second-order valence-electron chi connectivity index (χ2n) is 6.62. The Morgan fingerprint density at radius 2 is 1.92 bits per heavy atom. The average Bonchev–Trinajstić information content (AvgIpc) is 2.87. The summed E-state index contributed by atoms with van der Waals surface area (Å²) in [4.78, 5) is 16.3. The normalized spacial score (nSPS) is 20.5. The Hall–Kier alpha value is -2.39. The van der Waals surface area contributed by atoms with Crippen LogP contribution in [0.5, 0.6) is 0 Å². The third-order valence-corrected chi connectivity index (χ3v) is 5.28. The lowest BCUT2D eigenvalue weighted by atomic mass is 9.90. The Kier molecular flexibility index (Phi) is 4.18. The molecule has 0 radical (unpaired) electrons. The third kappa shape index (κ3) is 2.89. The molecule has 128 valence electrons. The summed E-state index contributed by atoms with van der Waals surface area (Å²) in [5, 5.41) is 8.84. The monoisotopic (exact) mass is 353 g/mol. The standard InChI is InChI=1S/C19H19N3O2S/c20-6-3-9-22-18(23)16(24-19(22)25)12-13-10-14-4-1-7-21-8-2-5-15(11-13)17(14)21/h10-12H,1-5,7-9H2/b16-12-. The first-order valence-electron chi connectivity index (χ1n) is 8.70. The molecule has 6 heteroatoms. The van der Waals surface area contributed by atoms with E-state index in [9.17, 15) is 4.79 Å². The highest BCUT2D eigenvalue weighted by atomic mass is 32.1. The van der Waals surface area contributed by atoms with Crippen molar-refractivity contribution in [3.05, 3.63) is 34.6 Å². The molecular weight excluding hydrogens is 334 g/mol. The highest BCUT2D eigenvalue weighted by Gasteiger charge is 2.33. The first-order chi connectivity index (χ1) is 12.2. The Labute approximate surface area is 152 Å². The van der Waals surface area contributed by atoms with Gasteiger partial charge in [0.2, 0.25) is 0 Å². The molecule has 1 aromatic rings. The van der Waals surface area contributed by atoms with Gasteiger partial charge in [-0.1, -0.05) is 0 Å². The summed E-state index contributed by atoms with van der Waals surface area (Å²) < 4.78 is 5.49. The van der Waals surface area contributed by atoms with Gasteiger partial charge in [0, 0.05) is 25.3 Å². The van der Waals surface area contributed by atoms with Crippen LogP contribution in [0, 0.1) is 11.3 Å². The number of nitrogens with zero attached hydrogens (tertiary/aromatic N) is 3. The van der Waals surface area contributed by atoms with Gasteiger partial charge in [0.1, 0.15) is 0 Å². The largest absolute Gasteiger partial charge is 0.426 e. The van der Waals surface area contributed by atoms with E-state index in [0.717, 1.165) is 31.5 Å². The van der Waals surface area contributed by atoms with Crippen molar-refractivity contribution in [2.45, 2.75) is 32.1 Å². The van der Waals surface area contributed by atoms with Gasteiger partial charge in [-0.15, -0.1) is 0 Å². The minimum atomic E-state index is -0.256. The number of amides is 1. The SMILES string of the molecule is N#CCCN1C(=O)/C(=C/c2cc3c4c(c2)CCCN4CCC3)OC1=S. The highest BCUT2D eigenvalue weighted by molar-refractivity contribution is 7.80. The number of ether oxygens (including phenoxy) is 1. The summed E-state index contributed by atoms with van der Waals surface area (Å²) >= 11 is 5.12. The molecular formula is C19H19N3O2S. The van der Waals surface area contributed by atoms with E-state index in [4.69, 9.17) is 22.2 Å². The van der Waals surface area contributed by atoms with Crippen molar-refractivity contribution in [1.29, 1.82) is 5.26 Å². The number of hydrogen-bond acceptors (Lipinski definition) is 5. The first kappa shape index (κ1) is 16.1. The van der Waals surface area contributed by atoms with E-state index in [2.05, 4.69) is 17.0 Å². The van der Waals surface area contributed by atoms with Crippen molar-refractivity contribution < 1.29 is 9.53 Å². The van der Waals surface area contributed by atoms with Gasteiger partial charge in [-0.05, 0) is 72.8 Å². The number of hydrogen-bond donors (Lipinski definition) is 0. The molecule has 1 fully saturated rings. The Morgan fingerprint density at radius 3 is 2.56 bits per heavy atom. The van der Waals surface area contributed by atoms with Gasteiger partial charge in [0.15, 0.2) is 5.76 Å². The van der Waals surface area contributed by atoms with Crippen molar-refractivity contribution in [1.82, 2.24) is 4.90 Å². The molecule has 1 saturated heterocycles. The highest BCUT2D eigenvalue weighted by Crippen LogP contribution is 2.36. The number of aryl methyl sites for hydroxylation is 2. The number of thiocarbonyl (C=S) groups is 1. The molecule has 0 aromatic heterocycles. The second-order valence-corrected chi connectivity index (χ2v) is 6.97. The maximum Gasteiger partial charge on any atom is 0.297 e. The van der Waals surface area contributed by atoms with Crippen molar-refractivity contribution in [3.8, 4) is 6.07 Å². The van der Waals surface area contributed by atoms with Crippen LogP contribution in [0.4, 0.5) is 5.69 Å². The zero-order chi connectivity index (χ0) is 17.4. The molecule has 0 saturated carbocycles. The zero-order valence-electron chi connectivity index (χ0n) is 14.0. The fraction of sp³-hybridized carbons (Fsp3) is 0.421. The molecule has 0 N–H and O–H groups in total. The molecule has 5 nitrogen and oxygen atoms in total. The van der Waals surface area contributed by atoms with Gasteiger partial charge < -0.3 is 9.64 Å². The van der Waals surface area contributed by atoms with E-state index in [-0.39, 0.29) is 29.8 Å². The number of anilines is 1. The summed E-state index contributed by atoms with van der Waals surface area (Å²) in [6, 6.07) is 6.36. The van der Waals surface area contributed by atoms with Crippen molar-refractivity contribution >= 4 is 35.1 Å². The van der Waals surface area contributed by atoms with E-state index in [1.165, 1.54) is 34.6 Å². The van der Waals surface area contributed by atoms with Crippen molar-refractivity contribution in [3.63, 3.8) is 0 Å². The van der Waals surface area contributed by atoms with Gasteiger partial charge in [-0.25, -0.2) is 0 Å². The van der Waals surface area contributed by atoms with Gasteiger partial charge in [-0.3, -0.25) is 9.69 Å². The second kappa shape index (κ2) is 6.49. The number of carbonyl (C=O) groups excluding carboxylic acids is 1. The molecule has 3 heterocycles. The smallest absolute Gasteiger partial charge is 0.297 e. The summed E-state index contributed by atoms with van der Waals surface area (Å²) in [6.07, 6.45) is 6.53. The Balaban J connectivity index is 1.65. The molecule has 0 spiro atoms. The van der Waals surface area contributed by atoms with Crippen molar-refractivity contribution in [2.24, 2.45) is 0 Å². The van der Waals surface area contributed by atoms with E-state index in [1.54, 1.807) is 6.08 Å². The van der Waals surface area contributed by atoms with Crippen molar-refractivity contribution in [2.75, 3.05) is 24.5 Å². The van der Waals surface area contributed by atoms with Gasteiger partial charge >= 0.3 is 0 Å². The minimum Gasteiger partial charge on any atom is -0.426 e. The van der Waals surface area contributed by atoms with Gasteiger partial charge in [0.25, 0.3) is 11.1 Å². The molecule has 25 heavy (non-hydrogen) atoms. The lowest BCUT2D eigenvalue weighted by Crippen LogP contribution is -2.34. The number of carbonyl (C=O) groups is 1. The van der Waals surface area contributed by atoms with Crippen LogP contribution in [0.3, 0.4) is 0 Å². The number of nitriles is 1. The number of benzene rings is 1. The van der Waals surface area contributed by atoms with E-state index in [1.807, 2.05) is 6.07 Å². The summed E-state index contributed by atoms with van der Waals surface area (Å²) in [5.41, 5.74) is 5.13. The van der Waals surface area contributed by atoms with Crippen LogP contribution in [0.1, 0.15) is 36.0 Å². The lowest BCUT2D eigenvalue weighted by molar-refractivity contribution is -0.122. The Bertz CT molecular complexity index is 793. The molecule has 0 atom stereocenters. The summed E-state index contributed by atoms with van der Waals surface area (Å²) in [6.45, 7) is 2.56. The van der Waals surface area contributed by atoms with Crippen LogP contribution in [-0.4, -0.2) is 35.6 Å². The first-order valence-corrected chi connectivity index (χ1v) is 9.11. The molecule has 1 aromatic carbocycles. The molecule has 0 bridgehead atoms. The van der Waals surface area contributed by atoms with Crippen LogP contribution in [0.15, 0.2) is 17.9 Å². The molecule has 3 aliphatic heterocycles. The van der Waals surface area contributed by atoms with Crippen LogP contribution in [-0.2, 0) is 22.4 Å². The fourth-order valence-corrected chi connectivity index (χ4v) is 4.18. The van der Waals surface area contributed by atoms with E-state index in [0.29, 0.717) is 0 Å². The molecule has 0 unspecified atom stereocenters. The van der Waals surface area contributed by atoms with Crippen LogP contribution in [0.2, 0.25) is 0 Å². The van der Waals surface area contributed by atoms with Crippen LogP contribution >= 0.6 is 12.2 Å². The average molecular weight is 353 g/mol. The summed E-state index contributed by atoms with van der Waals surface area (Å²) in [5.74, 6) is -0.00759. The lowest BCUT2D eigenvalue weighted by Gasteiger charge is -2.37. The van der Waals surface area contributed by atoms with Crippen LogP contribution < -0.4 is 4.90 Å². The Morgan fingerprint density at radius 1 is 1.24 bits per heavy atom. The molecule has 0 aliphatic carbocycles. The molecule has 4 rings (SSSR count). The third-order valence-electron chi connectivity index (χ3n) is 4.97. The zero-order valence-corrected chi connectivity index (χ0v) is 14.8. The predicted molar refractivity (Wildman–Crippen MR) is 98.9 cm³/mol. The minimum absolute atomic E-state index is 0.136. The number of rotatable bonds is 3. The quantitative estimate of drug-likeness (QED) is 0.618. The topological polar surface area (TPSA) is 56.6 Å². The maximum atomic E-state index is 12.5. The van der Waals surface area contributed by atoms with Gasteiger partial charge in [-0.2, -0.15) is 5.26 Å². The molecule has 1 amide bonds. The summed E-state index contributed by atoms with van der Waals surface area (Å²) in [7, 11) is 0. The van der Waals surface area contributed by atoms with E-state index < -0.39 is 0 Å². The fourth-order valence-electron chi connectivity index (χ4n) is 3.92. The predicted octanol–water partition coefficient (Wildman–Crippen LogP) is 2.78. The maximum absolute atomic E-state index is 12.5. The molecule has 3 aliphatic rings.